The minimum absolute atomic E-state index is 0.0342. The van der Waals surface area contributed by atoms with Crippen molar-refractivity contribution in [3.05, 3.63) is 16.0 Å². The second-order valence-electron chi connectivity index (χ2n) is 5.43. The molecule has 0 aliphatic carbocycles. The van der Waals surface area contributed by atoms with Crippen LogP contribution >= 0.6 is 11.3 Å². The van der Waals surface area contributed by atoms with Gasteiger partial charge in [0.25, 0.3) is 0 Å². The van der Waals surface area contributed by atoms with Crippen molar-refractivity contribution in [1.29, 1.82) is 5.26 Å². The molecule has 1 aromatic rings. The zero-order valence-electron chi connectivity index (χ0n) is 12.8. The van der Waals surface area contributed by atoms with Crippen molar-refractivity contribution in [3.8, 4) is 6.07 Å². The lowest BCUT2D eigenvalue weighted by Crippen LogP contribution is -2.58. The number of hydrogen-bond acceptors (Lipinski definition) is 5. The van der Waals surface area contributed by atoms with E-state index < -0.39 is 0 Å². The molecular weight excluding hydrogens is 284 g/mol. The maximum atomic E-state index is 12.3. The zero-order valence-corrected chi connectivity index (χ0v) is 13.6. The van der Waals surface area contributed by atoms with Crippen molar-refractivity contribution in [2.24, 2.45) is 0 Å². The first-order valence-electron chi connectivity index (χ1n) is 7.31. The van der Waals surface area contributed by atoms with Crippen LogP contribution in [0.3, 0.4) is 0 Å². The summed E-state index contributed by atoms with van der Waals surface area (Å²) in [4.78, 5) is 15.5. The lowest BCUT2D eigenvalue weighted by molar-refractivity contribution is -0.118. The lowest BCUT2D eigenvalue weighted by atomic mass is 10.1. The summed E-state index contributed by atoms with van der Waals surface area (Å²) in [6.07, 6.45) is 1.03. The highest BCUT2D eigenvalue weighted by Gasteiger charge is 2.26. The molecule has 2 N–H and O–H groups in total. The van der Waals surface area contributed by atoms with Crippen molar-refractivity contribution < 1.29 is 4.79 Å². The number of carbonyl (C=O) groups excluding carboxylic acids is 1. The Morgan fingerprint density at radius 1 is 1.52 bits per heavy atom. The second-order valence-corrected chi connectivity index (χ2v) is 6.65. The number of nitrogens with one attached hydrogen (secondary N) is 2. The van der Waals surface area contributed by atoms with Gasteiger partial charge in [-0.15, -0.1) is 11.3 Å². The van der Waals surface area contributed by atoms with Gasteiger partial charge in [0.2, 0.25) is 5.91 Å². The SMILES string of the molecule is CCCN(CC(=O)Nc1sc(C)c(C)c1C#N)C1CNC1. The molecular formula is C15H22N4OS. The Bertz CT molecular complexity index is 557. The molecule has 1 aliphatic heterocycles. The summed E-state index contributed by atoms with van der Waals surface area (Å²) < 4.78 is 0. The highest BCUT2D eigenvalue weighted by molar-refractivity contribution is 7.16. The second kappa shape index (κ2) is 7.03. The first kappa shape index (κ1) is 16.0. The minimum Gasteiger partial charge on any atom is -0.315 e. The normalized spacial score (nSPS) is 14.8. The number of nitriles is 1. The Morgan fingerprint density at radius 2 is 2.24 bits per heavy atom. The first-order chi connectivity index (χ1) is 10.1. The van der Waals surface area contributed by atoms with Gasteiger partial charge in [-0.05, 0) is 32.4 Å². The van der Waals surface area contributed by atoms with E-state index in [2.05, 4.69) is 28.5 Å². The smallest absolute Gasteiger partial charge is 0.239 e. The number of nitrogens with zero attached hydrogens (tertiary/aromatic N) is 2. The first-order valence-corrected chi connectivity index (χ1v) is 8.13. The van der Waals surface area contributed by atoms with Gasteiger partial charge in [-0.25, -0.2) is 0 Å². The summed E-state index contributed by atoms with van der Waals surface area (Å²) >= 11 is 1.48. The van der Waals surface area contributed by atoms with Gasteiger partial charge < -0.3 is 10.6 Å². The van der Waals surface area contributed by atoms with Gasteiger partial charge in [0, 0.05) is 24.0 Å². The molecule has 1 amide bonds. The monoisotopic (exact) mass is 306 g/mol. The topological polar surface area (TPSA) is 68.2 Å². The van der Waals surface area contributed by atoms with Crippen molar-refractivity contribution in [3.63, 3.8) is 0 Å². The summed E-state index contributed by atoms with van der Waals surface area (Å²) in [7, 11) is 0. The van der Waals surface area contributed by atoms with Crippen LogP contribution in [0.1, 0.15) is 29.3 Å². The third-order valence-electron chi connectivity index (χ3n) is 3.88. The molecule has 5 nitrogen and oxygen atoms in total. The van der Waals surface area contributed by atoms with Crippen molar-refractivity contribution >= 4 is 22.2 Å². The van der Waals surface area contributed by atoms with Gasteiger partial charge in [-0.3, -0.25) is 9.69 Å². The van der Waals surface area contributed by atoms with Crippen LogP contribution in [0.25, 0.3) is 0 Å². The van der Waals surface area contributed by atoms with Crippen LogP contribution in [0.2, 0.25) is 0 Å². The largest absolute Gasteiger partial charge is 0.315 e. The minimum atomic E-state index is -0.0342. The van der Waals surface area contributed by atoms with Crippen LogP contribution in [-0.2, 0) is 4.79 Å². The standard InChI is InChI=1S/C15H22N4OS/c1-4-5-19(12-7-17-8-12)9-14(20)18-15-13(6-16)10(2)11(3)21-15/h12,17H,4-5,7-9H2,1-3H3,(H,18,20). The number of amides is 1. The quantitative estimate of drug-likeness (QED) is 0.842. The summed E-state index contributed by atoms with van der Waals surface area (Å²) in [6, 6.07) is 2.64. The molecule has 0 radical (unpaired) electrons. The molecule has 1 saturated heterocycles. The predicted molar refractivity (Wildman–Crippen MR) is 85.7 cm³/mol. The summed E-state index contributed by atoms with van der Waals surface area (Å²) in [5, 5.41) is 16.0. The van der Waals surface area contributed by atoms with Gasteiger partial charge in [0.15, 0.2) is 0 Å². The Labute approximate surface area is 129 Å². The van der Waals surface area contributed by atoms with E-state index >= 15 is 0 Å². The summed E-state index contributed by atoms with van der Waals surface area (Å²) in [6.45, 7) is 9.23. The van der Waals surface area contributed by atoms with E-state index in [1.807, 2.05) is 13.8 Å². The Morgan fingerprint density at radius 3 is 2.76 bits per heavy atom. The van der Waals surface area contributed by atoms with Crippen LogP contribution in [0.5, 0.6) is 0 Å². The van der Waals surface area contributed by atoms with E-state index in [1.165, 1.54) is 11.3 Å². The summed E-state index contributed by atoms with van der Waals surface area (Å²) in [5.74, 6) is -0.0342. The van der Waals surface area contributed by atoms with E-state index in [0.717, 1.165) is 36.5 Å². The Hall–Kier alpha value is -1.42. The highest BCUT2D eigenvalue weighted by Crippen LogP contribution is 2.31. The van der Waals surface area contributed by atoms with Gasteiger partial charge in [-0.2, -0.15) is 5.26 Å². The number of thiophene rings is 1. The average Bonchev–Trinajstić information content (AvgIpc) is 2.62. The Balaban J connectivity index is 2.00. The average molecular weight is 306 g/mol. The molecule has 1 aliphatic rings. The van der Waals surface area contributed by atoms with E-state index in [0.29, 0.717) is 23.2 Å². The predicted octanol–water partition coefficient (Wildman–Crippen LogP) is 1.86. The highest BCUT2D eigenvalue weighted by atomic mass is 32.1. The Kier molecular flexibility index (Phi) is 5.34. The molecule has 2 rings (SSSR count). The molecule has 6 heteroatoms. The maximum Gasteiger partial charge on any atom is 0.239 e. The molecule has 0 spiro atoms. The number of carbonyl (C=O) groups is 1. The van der Waals surface area contributed by atoms with Gasteiger partial charge >= 0.3 is 0 Å². The zero-order chi connectivity index (χ0) is 15.4. The van der Waals surface area contributed by atoms with Crippen LogP contribution in [0, 0.1) is 25.2 Å². The fourth-order valence-electron chi connectivity index (χ4n) is 2.41. The fourth-order valence-corrected chi connectivity index (χ4v) is 3.44. The van der Waals surface area contributed by atoms with E-state index in [-0.39, 0.29) is 5.91 Å². The van der Waals surface area contributed by atoms with Gasteiger partial charge in [0.05, 0.1) is 12.1 Å². The molecule has 0 aromatic carbocycles. The molecule has 0 bridgehead atoms. The third-order valence-corrected chi connectivity index (χ3v) is 5.01. The molecule has 0 saturated carbocycles. The van der Waals surface area contributed by atoms with Crippen LogP contribution < -0.4 is 10.6 Å². The molecule has 114 valence electrons. The fraction of sp³-hybridized carbons (Fsp3) is 0.600. The van der Waals surface area contributed by atoms with Crippen LogP contribution in [0.15, 0.2) is 0 Å². The van der Waals surface area contributed by atoms with Crippen molar-refractivity contribution in [2.75, 3.05) is 31.5 Å². The number of rotatable bonds is 6. The van der Waals surface area contributed by atoms with E-state index in [1.54, 1.807) is 0 Å². The van der Waals surface area contributed by atoms with E-state index in [4.69, 9.17) is 0 Å². The number of aryl methyl sites for hydroxylation is 1. The van der Waals surface area contributed by atoms with Crippen molar-refractivity contribution in [2.45, 2.75) is 33.2 Å². The van der Waals surface area contributed by atoms with Crippen molar-refractivity contribution in [1.82, 2.24) is 10.2 Å². The van der Waals surface area contributed by atoms with E-state index in [9.17, 15) is 10.1 Å². The van der Waals surface area contributed by atoms with Gasteiger partial charge in [-0.1, -0.05) is 6.92 Å². The number of anilines is 1. The molecule has 21 heavy (non-hydrogen) atoms. The third kappa shape index (κ3) is 3.62. The number of hydrogen-bond donors (Lipinski definition) is 2. The lowest BCUT2D eigenvalue weighted by Gasteiger charge is -2.37. The van der Waals surface area contributed by atoms with Gasteiger partial charge in [0.1, 0.15) is 11.1 Å². The molecule has 2 heterocycles. The molecule has 0 unspecified atom stereocenters. The van der Waals surface area contributed by atoms with Crippen LogP contribution in [-0.4, -0.2) is 43.0 Å². The molecule has 1 aromatic heterocycles. The molecule has 1 fully saturated rings. The van der Waals surface area contributed by atoms with Crippen LogP contribution in [0.4, 0.5) is 5.00 Å². The molecule has 0 atom stereocenters. The summed E-state index contributed by atoms with van der Waals surface area (Å²) in [5.41, 5.74) is 1.56. The maximum absolute atomic E-state index is 12.3.